The van der Waals surface area contributed by atoms with Crippen LogP contribution in [0.1, 0.15) is 83.8 Å². The maximum atomic E-state index is 6.47. The van der Waals surface area contributed by atoms with Gasteiger partial charge >= 0.3 is 0 Å². The van der Waals surface area contributed by atoms with E-state index in [1.165, 1.54) is 43.5 Å². The zero-order valence-corrected chi connectivity index (χ0v) is 17.9. The number of nitrogens with zero attached hydrogens (tertiary/aromatic N) is 1. The molecule has 0 N–H and O–H groups in total. The van der Waals surface area contributed by atoms with Crippen molar-refractivity contribution in [3.8, 4) is 5.75 Å². The normalized spacial score (nSPS) is 16.2. The molecule has 1 aliphatic heterocycles. The minimum atomic E-state index is 0. The highest BCUT2D eigenvalue weighted by Crippen LogP contribution is 2.35. The van der Waals surface area contributed by atoms with Crippen LogP contribution in [0, 0.1) is 5.41 Å². The highest BCUT2D eigenvalue weighted by atomic mass is 35.5. The Hall–Kier alpha value is -0.730. The highest BCUT2D eigenvalue weighted by Gasteiger charge is 2.25. The average Bonchev–Trinajstić information content (AvgIpc) is 2.53. The lowest BCUT2D eigenvalue weighted by Gasteiger charge is -2.35. The highest BCUT2D eigenvalue weighted by molar-refractivity contribution is 5.85. The van der Waals surface area contributed by atoms with Crippen LogP contribution in [-0.2, 0) is 0 Å². The number of benzene rings is 1. The monoisotopic (exact) mass is 367 g/mol. The van der Waals surface area contributed by atoms with Gasteiger partial charge in [-0.1, -0.05) is 66.2 Å². The summed E-state index contributed by atoms with van der Waals surface area (Å²) in [6.45, 7) is 18.1. The molecule has 144 valence electrons. The van der Waals surface area contributed by atoms with Gasteiger partial charge in [0.1, 0.15) is 5.75 Å². The molecule has 1 aliphatic rings. The van der Waals surface area contributed by atoms with Crippen LogP contribution in [0.3, 0.4) is 0 Å². The van der Waals surface area contributed by atoms with Crippen LogP contribution < -0.4 is 4.74 Å². The number of halogens is 1. The van der Waals surface area contributed by atoms with Gasteiger partial charge in [-0.15, -0.1) is 12.4 Å². The molecule has 1 aromatic rings. The van der Waals surface area contributed by atoms with Gasteiger partial charge in [0.25, 0.3) is 0 Å². The standard InChI is InChI=1S/C22H37NO.ClH/c1-17(2)19-11-10-12-20(18(3)4)21(19)24-16-22(5,6)15-23-13-8-7-9-14-23;/h10-12,17-18H,7-9,13-16H2,1-6H3;1H. The molecule has 1 saturated heterocycles. The third-order valence-corrected chi connectivity index (χ3v) is 5.03. The van der Waals surface area contributed by atoms with Crippen LogP contribution in [-0.4, -0.2) is 31.1 Å². The van der Waals surface area contributed by atoms with Crippen molar-refractivity contribution in [1.82, 2.24) is 4.90 Å². The molecule has 0 bridgehead atoms. The van der Waals surface area contributed by atoms with E-state index < -0.39 is 0 Å². The molecule has 1 aromatic carbocycles. The summed E-state index contributed by atoms with van der Waals surface area (Å²) < 4.78 is 6.47. The number of hydrogen-bond donors (Lipinski definition) is 0. The van der Waals surface area contributed by atoms with Crippen molar-refractivity contribution in [3.63, 3.8) is 0 Å². The molecule has 0 radical (unpaired) electrons. The van der Waals surface area contributed by atoms with Gasteiger partial charge in [-0.2, -0.15) is 0 Å². The molecule has 25 heavy (non-hydrogen) atoms. The summed E-state index contributed by atoms with van der Waals surface area (Å²) in [7, 11) is 0. The molecule has 0 saturated carbocycles. The van der Waals surface area contributed by atoms with E-state index in [9.17, 15) is 0 Å². The Labute approximate surface area is 161 Å². The Kier molecular flexibility index (Phi) is 8.77. The molecule has 0 aliphatic carbocycles. The molecule has 1 heterocycles. The second-order valence-electron chi connectivity index (χ2n) is 8.86. The molecule has 2 nitrogen and oxygen atoms in total. The average molecular weight is 368 g/mol. The van der Waals surface area contributed by atoms with Crippen molar-refractivity contribution in [2.24, 2.45) is 5.41 Å². The van der Waals surface area contributed by atoms with Crippen molar-refractivity contribution in [2.45, 2.75) is 72.6 Å². The zero-order chi connectivity index (χ0) is 17.7. The summed E-state index contributed by atoms with van der Waals surface area (Å²) in [6, 6.07) is 6.63. The molecule has 0 aromatic heterocycles. The van der Waals surface area contributed by atoms with Crippen LogP contribution in [0.4, 0.5) is 0 Å². The summed E-state index contributed by atoms with van der Waals surface area (Å²) in [5.74, 6) is 2.11. The fourth-order valence-corrected chi connectivity index (χ4v) is 3.69. The first-order chi connectivity index (χ1) is 11.3. The van der Waals surface area contributed by atoms with Gasteiger partial charge in [-0.05, 0) is 48.9 Å². The molecular weight excluding hydrogens is 330 g/mol. The molecule has 3 heteroatoms. The van der Waals surface area contributed by atoms with Crippen molar-refractivity contribution < 1.29 is 4.74 Å². The number of para-hydroxylation sites is 1. The topological polar surface area (TPSA) is 12.5 Å². The molecule has 1 fully saturated rings. The van der Waals surface area contributed by atoms with Crippen molar-refractivity contribution >= 4 is 12.4 Å². The smallest absolute Gasteiger partial charge is 0.126 e. The fraction of sp³-hybridized carbons (Fsp3) is 0.727. The fourth-order valence-electron chi connectivity index (χ4n) is 3.69. The minimum Gasteiger partial charge on any atom is -0.492 e. The number of hydrogen-bond acceptors (Lipinski definition) is 2. The third-order valence-electron chi connectivity index (χ3n) is 5.03. The largest absolute Gasteiger partial charge is 0.492 e. The predicted molar refractivity (Wildman–Crippen MR) is 111 cm³/mol. The molecule has 2 rings (SSSR count). The first kappa shape index (κ1) is 22.3. The Balaban J connectivity index is 0.00000312. The van der Waals surface area contributed by atoms with Crippen molar-refractivity contribution in [3.05, 3.63) is 29.3 Å². The molecular formula is C22H38ClNO. The first-order valence-corrected chi connectivity index (χ1v) is 9.78. The van der Waals surface area contributed by atoms with Gasteiger partial charge in [0, 0.05) is 12.0 Å². The summed E-state index contributed by atoms with van der Waals surface area (Å²) in [5, 5.41) is 0. The number of ether oxygens (including phenoxy) is 1. The van der Waals surface area contributed by atoms with E-state index in [0.29, 0.717) is 11.8 Å². The Morgan fingerprint density at radius 1 is 0.960 bits per heavy atom. The third kappa shape index (κ3) is 6.49. The van der Waals surface area contributed by atoms with Crippen LogP contribution in [0.25, 0.3) is 0 Å². The Bertz CT molecular complexity index is 493. The van der Waals surface area contributed by atoms with Gasteiger partial charge in [0.05, 0.1) is 6.61 Å². The van der Waals surface area contributed by atoms with Crippen molar-refractivity contribution in [1.29, 1.82) is 0 Å². The van der Waals surface area contributed by atoms with Crippen LogP contribution in [0.15, 0.2) is 18.2 Å². The Morgan fingerprint density at radius 2 is 1.48 bits per heavy atom. The lowest BCUT2D eigenvalue weighted by Crippen LogP contribution is -2.40. The molecule has 0 amide bonds. The van der Waals surface area contributed by atoms with E-state index >= 15 is 0 Å². The van der Waals surface area contributed by atoms with Crippen molar-refractivity contribution in [2.75, 3.05) is 26.2 Å². The van der Waals surface area contributed by atoms with Crippen LogP contribution >= 0.6 is 12.4 Å². The molecule has 0 unspecified atom stereocenters. The summed E-state index contributed by atoms with van der Waals surface area (Å²) in [5.41, 5.74) is 2.86. The maximum Gasteiger partial charge on any atom is 0.126 e. The van der Waals surface area contributed by atoms with Gasteiger partial charge < -0.3 is 9.64 Å². The lowest BCUT2D eigenvalue weighted by molar-refractivity contribution is 0.102. The Morgan fingerprint density at radius 3 is 1.96 bits per heavy atom. The lowest BCUT2D eigenvalue weighted by atomic mass is 9.91. The van der Waals surface area contributed by atoms with Crippen LogP contribution in [0.2, 0.25) is 0 Å². The molecule has 0 atom stereocenters. The first-order valence-electron chi connectivity index (χ1n) is 9.78. The van der Waals surface area contributed by atoms with E-state index in [2.05, 4.69) is 64.6 Å². The van der Waals surface area contributed by atoms with E-state index in [1.807, 2.05) is 0 Å². The van der Waals surface area contributed by atoms with Crippen LogP contribution in [0.5, 0.6) is 5.75 Å². The minimum absolute atomic E-state index is 0. The second kappa shape index (κ2) is 9.83. The maximum absolute atomic E-state index is 6.47. The summed E-state index contributed by atoms with van der Waals surface area (Å²) in [6.07, 6.45) is 4.10. The zero-order valence-electron chi connectivity index (χ0n) is 17.1. The van der Waals surface area contributed by atoms with E-state index in [4.69, 9.17) is 4.74 Å². The number of likely N-dealkylation sites (tertiary alicyclic amines) is 1. The quantitative estimate of drug-likeness (QED) is 0.565. The summed E-state index contributed by atoms with van der Waals surface area (Å²) in [4.78, 5) is 2.62. The van der Waals surface area contributed by atoms with Gasteiger partial charge in [-0.3, -0.25) is 0 Å². The molecule has 0 spiro atoms. The summed E-state index contributed by atoms with van der Waals surface area (Å²) >= 11 is 0. The van der Waals surface area contributed by atoms with Gasteiger partial charge in [-0.25, -0.2) is 0 Å². The second-order valence-corrected chi connectivity index (χ2v) is 8.86. The van der Waals surface area contributed by atoms with Gasteiger partial charge in [0.15, 0.2) is 0 Å². The SMILES string of the molecule is CC(C)c1cccc(C(C)C)c1OCC(C)(C)CN1CCCCC1.Cl. The number of piperidine rings is 1. The number of rotatable bonds is 7. The van der Waals surface area contributed by atoms with E-state index in [0.717, 1.165) is 18.9 Å². The van der Waals surface area contributed by atoms with E-state index in [1.54, 1.807) is 0 Å². The van der Waals surface area contributed by atoms with Gasteiger partial charge in [0.2, 0.25) is 0 Å². The predicted octanol–water partition coefficient (Wildman–Crippen LogP) is 6.25. The van der Waals surface area contributed by atoms with E-state index in [-0.39, 0.29) is 17.8 Å².